The van der Waals surface area contributed by atoms with Gasteiger partial charge in [0.25, 0.3) is 0 Å². The molecule has 0 bridgehead atoms. The maximum absolute atomic E-state index is 11.0. The fourth-order valence-corrected chi connectivity index (χ4v) is 1.12. The Labute approximate surface area is 72.8 Å². The van der Waals surface area contributed by atoms with Crippen molar-refractivity contribution in [3.8, 4) is 0 Å². The van der Waals surface area contributed by atoms with Crippen molar-refractivity contribution in [3.63, 3.8) is 0 Å². The van der Waals surface area contributed by atoms with Crippen molar-refractivity contribution in [2.24, 2.45) is 0 Å². The summed E-state index contributed by atoms with van der Waals surface area (Å²) in [5.74, 6) is -0.261. The molecule has 1 rings (SSSR count). The second-order valence-electron chi connectivity index (χ2n) is 3.67. The number of hydrogen-bond acceptors (Lipinski definition) is 3. The first-order valence-corrected chi connectivity index (χ1v) is 4.05. The van der Waals surface area contributed by atoms with Gasteiger partial charge in [-0.3, -0.25) is 0 Å². The zero-order valence-electron chi connectivity index (χ0n) is 7.81. The van der Waals surface area contributed by atoms with Crippen LogP contribution in [-0.2, 0) is 9.53 Å². The molecule has 1 saturated heterocycles. The quantitative estimate of drug-likeness (QED) is 0.492. The van der Waals surface area contributed by atoms with Crippen LogP contribution in [0.1, 0.15) is 20.3 Å². The molecule has 0 aromatic rings. The lowest BCUT2D eigenvalue weighted by atomic mass is 9.94. The number of esters is 1. The number of hydrogen-bond donors (Lipinski definition) is 1. The van der Waals surface area contributed by atoms with E-state index in [1.807, 2.05) is 20.9 Å². The summed E-state index contributed by atoms with van der Waals surface area (Å²) in [6.07, 6.45) is 0.551. The monoisotopic (exact) mass is 169 g/mol. The van der Waals surface area contributed by atoms with Gasteiger partial charge in [0.2, 0.25) is 0 Å². The lowest BCUT2D eigenvalue weighted by molar-refractivity contribution is -0.141. The maximum Gasteiger partial charge on any atom is 0.333 e. The first-order chi connectivity index (χ1) is 5.47. The van der Waals surface area contributed by atoms with Crippen LogP contribution in [0.5, 0.6) is 0 Å². The Morgan fingerprint density at radius 2 is 2.25 bits per heavy atom. The Bertz CT molecular complexity index is 205. The molecule has 1 aliphatic heterocycles. The van der Waals surface area contributed by atoms with Gasteiger partial charge in [-0.15, -0.1) is 0 Å². The van der Waals surface area contributed by atoms with Crippen LogP contribution >= 0.6 is 0 Å². The average Bonchev–Trinajstić information content (AvgIpc) is 2.33. The predicted molar refractivity (Wildman–Crippen MR) is 46.8 cm³/mol. The zero-order chi connectivity index (χ0) is 9.35. The highest BCUT2D eigenvalue weighted by Crippen LogP contribution is 2.26. The minimum atomic E-state index is -0.261. The highest BCUT2D eigenvalue weighted by atomic mass is 16.6. The van der Waals surface area contributed by atoms with Crippen LogP contribution in [0.3, 0.4) is 0 Å². The number of carbonyl (C=O) groups is 1. The number of ether oxygens (including phenoxy) is 1. The summed E-state index contributed by atoms with van der Waals surface area (Å²) in [7, 11) is 1.86. The molecule has 0 aromatic heterocycles. The lowest BCUT2D eigenvalue weighted by Gasteiger charge is -2.29. The third-order valence-corrected chi connectivity index (χ3v) is 2.42. The Morgan fingerprint density at radius 1 is 1.67 bits per heavy atom. The first kappa shape index (κ1) is 9.26. The van der Waals surface area contributed by atoms with Crippen molar-refractivity contribution in [3.05, 3.63) is 12.2 Å². The molecule has 3 nitrogen and oxygen atoms in total. The van der Waals surface area contributed by atoms with Gasteiger partial charge in [-0.2, -0.15) is 0 Å². The molecule has 0 saturated carbocycles. The minimum absolute atomic E-state index is 0.0810. The summed E-state index contributed by atoms with van der Waals surface area (Å²) in [5.41, 5.74) is 0.401. The molecule has 1 fully saturated rings. The summed E-state index contributed by atoms with van der Waals surface area (Å²) in [6, 6.07) is 0. The molecule has 0 amide bonds. The molecule has 1 heterocycles. The van der Waals surface area contributed by atoms with Gasteiger partial charge in [0.15, 0.2) is 0 Å². The van der Waals surface area contributed by atoms with Gasteiger partial charge < -0.3 is 10.1 Å². The lowest BCUT2D eigenvalue weighted by Crippen LogP contribution is -2.47. The van der Waals surface area contributed by atoms with Crippen molar-refractivity contribution in [1.82, 2.24) is 5.32 Å². The minimum Gasteiger partial charge on any atom is -0.457 e. The molecule has 3 heteroatoms. The molecule has 12 heavy (non-hydrogen) atoms. The number of nitrogens with one attached hydrogen (secondary N) is 1. The first-order valence-electron chi connectivity index (χ1n) is 4.05. The third kappa shape index (κ3) is 1.50. The van der Waals surface area contributed by atoms with E-state index in [1.54, 1.807) is 0 Å². The van der Waals surface area contributed by atoms with E-state index in [2.05, 4.69) is 11.9 Å². The van der Waals surface area contributed by atoms with Gasteiger partial charge in [0, 0.05) is 17.5 Å². The Morgan fingerprint density at radius 3 is 2.58 bits per heavy atom. The van der Waals surface area contributed by atoms with Crippen molar-refractivity contribution < 1.29 is 9.53 Å². The Kier molecular flexibility index (Phi) is 2.24. The van der Waals surface area contributed by atoms with Gasteiger partial charge in [0.1, 0.15) is 6.10 Å². The van der Waals surface area contributed by atoms with Crippen LogP contribution in [0.15, 0.2) is 12.2 Å². The van der Waals surface area contributed by atoms with E-state index in [4.69, 9.17) is 4.74 Å². The topological polar surface area (TPSA) is 38.3 Å². The Hall–Kier alpha value is -0.830. The fourth-order valence-electron chi connectivity index (χ4n) is 1.12. The predicted octanol–water partition coefficient (Wildman–Crippen LogP) is 0.856. The molecule has 0 spiro atoms. The van der Waals surface area contributed by atoms with E-state index in [0.717, 1.165) is 0 Å². The molecule has 0 aromatic carbocycles. The SMILES string of the molecule is C=C1CC(C(C)(C)NC)OC1=O. The summed E-state index contributed by atoms with van der Waals surface area (Å²) < 4.78 is 5.13. The number of carbonyl (C=O) groups excluding carboxylic acids is 1. The molecule has 0 aliphatic carbocycles. The summed E-state index contributed by atoms with van der Waals surface area (Å²) in [6.45, 7) is 7.64. The van der Waals surface area contributed by atoms with Crippen molar-refractivity contribution >= 4 is 5.97 Å². The van der Waals surface area contributed by atoms with Crippen LogP contribution in [0.25, 0.3) is 0 Å². The van der Waals surface area contributed by atoms with E-state index in [9.17, 15) is 4.79 Å². The molecule has 1 atom stereocenters. The van der Waals surface area contributed by atoms with Crippen molar-refractivity contribution in [2.45, 2.75) is 31.9 Å². The third-order valence-electron chi connectivity index (χ3n) is 2.42. The second-order valence-corrected chi connectivity index (χ2v) is 3.67. The van der Waals surface area contributed by atoms with E-state index in [1.165, 1.54) is 0 Å². The van der Waals surface area contributed by atoms with Gasteiger partial charge in [-0.1, -0.05) is 6.58 Å². The highest BCUT2D eigenvalue weighted by Gasteiger charge is 2.37. The van der Waals surface area contributed by atoms with Crippen LogP contribution in [0, 0.1) is 0 Å². The Balaban J connectivity index is 2.69. The summed E-state index contributed by atoms with van der Waals surface area (Å²) >= 11 is 0. The largest absolute Gasteiger partial charge is 0.457 e. The van der Waals surface area contributed by atoms with Gasteiger partial charge in [0.05, 0.1) is 0 Å². The standard InChI is InChI=1S/C9H15NO2/c1-6-5-7(12-8(6)11)9(2,3)10-4/h7,10H,1,5H2,2-4H3. The molecule has 0 radical (unpaired) electrons. The van der Waals surface area contributed by atoms with E-state index >= 15 is 0 Å². The van der Waals surface area contributed by atoms with Crippen LogP contribution < -0.4 is 5.32 Å². The normalized spacial score (nSPS) is 24.4. The highest BCUT2D eigenvalue weighted by molar-refractivity contribution is 5.90. The molecule has 68 valence electrons. The van der Waals surface area contributed by atoms with Crippen molar-refractivity contribution in [2.75, 3.05) is 7.05 Å². The summed E-state index contributed by atoms with van der Waals surface area (Å²) in [5, 5.41) is 3.11. The van der Waals surface area contributed by atoms with E-state index in [-0.39, 0.29) is 17.6 Å². The van der Waals surface area contributed by atoms with Gasteiger partial charge >= 0.3 is 5.97 Å². The van der Waals surface area contributed by atoms with Crippen LogP contribution in [0.2, 0.25) is 0 Å². The number of rotatable bonds is 2. The van der Waals surface area contributed by atoms with Crippen LogP contribution in [-0.4, -0.2) is 24.7 Å². The zero-order valence-corrected chi connectivity index (χ0v) is 7.81. The number of cyclic esters (lactones) is 1. The average molecular weight is 169 g/mol. The molecular formula is C9H15NO2. The molecule has 1 unspecified atom stereocenters. The second kappa shape index (κ2) is 2.90. The molecule has 1 aliphatic rings. The molecular weight excluding hydrogens is 154 g/mol. The molecule has 1 N–H and O–H groups in total. The van der Waals surface area contributed by atoms with E-state index in [0.29, 0.717) is 12.0 Å². The maximum atomic E-state index is 11.0. The fraction of sp³-hybridized carbons (Fsp3) is 0.667. The van der Waals surface area contributed by atoms with E-state index < -0.39 is 0 Å². The van der Waals surface area contributed by atoms with Gasteiger partial charge in [-0.25, -0.2) is 4.79 Å². The van der Waals surface area contributed by atoms with Crippen molar-refractivity contribution in [1.29, 1.82) is 0 Å². The smallest absolute Gasteiger partial charge is 0.333 e. The van der Waals surface area contributed by atoms with Gasteiger partial charge in [-0.05, 0) is 20.9 Å². The van der Waals surface area contributed by atoms with Crippen LogP contribution in [0.4, 0.5) is 0 Å². The summed E-state index contributed by atoms with van der Waals surface area (Å²) in [4.78, 5) is 11.0. The number of likely N-dealkylation sites (N-methyl/N-ethyl adjacent to an activating group) is 1.